The highest BCUT2D eigenvalue weighted by Gasteiger charge is 2.19. The van der Waals surface area contributed by atoms with Gasteiger partial charge in [-0.15, -0.1) is 0 Å². The fourth-order valence-electron chi connectivity index (χ4n) is 8.27. The molecule has 70 heavy (non-hydrogen) atoms. The standard InChI is InChI=1S/C64H110O6/c1-4-7-10-13-16-19-22-25-28-30-32-34-36-39-42-45-48-51-54-57-63(66)69-60-61(59-68-62(65)56-53-50-47-44-41-38-27-24-21-18-15-12-9-6-3)70-64(67)58-55-52-49-46-43-40-37-35-33-31-29-26-23-20-17-14-11-8-5-2/h7,9-10,12,16,18-19,21,25,28,32,34,39,42,61H,4-6,8,11,13-15,17,20,22-24,26-27,29-31,33,35-38,40-41,43-60H2,1-3H3/b10-7-,12-9-,19-16-,21-18-,28-25-,34-32-,42-39-. The van der Waals surface area contributed by atoms with Crippen molar-refractivity contribution in [1.82, 2.24) is 0 Å². The van der Waals surface area contributed by atoms with E-state index < -0.39 is 6.10 Å². The highest BCUT2D eigenvalue weighted by molar-refractivity contribution is 5.71. The summed E-state index contributed by atoms with van der Waals surface area (Å²) in [7, 11) is 0. The number of unbranched alkanes of at least 4 members (excludes halogenated alkanes) is 28. The van der Waals surface area contributed by atoms with E-state index in [1.54, 1.807) is 0 Å². The minimum absolute atomic E-state index is 0.0897. The smallest absolute Gasteiger partial charge is 0.306 e. The quantitative estimate of drug-likeness (QED) is 0.0261. The van der Waals surface area contributed by atoms with Crippen molar-refractivity contribution in [2.24, 2.45) is 0 Å². The summed E-state index contributed by atoms with van der Waals surface area (Å²) in [5, 5.41) is 0. The van der Waals surface area contributed by atoms with Crippen molar-refractivity contribution >= 4 is 17.9 Å². The van der Waals surface area contributed by atoms with Crippen LogP contribution < -0.4 is 0 Å². The molecule has 0 rings (SSSR count). The molecular formula is C64H110O6. The fraction of sp³-hybridized carbons (Fsp3) is 0.734. The molecule has 0 aromatic heterocycles. The summed E-state index contributed by atoms with van der Waals surface area (Å²) in [6.45, 7) is 6.41. The summed E-state index contributed by atoms with van der Waals surface area (Å²) >= 11 is 0. The number of carbonyl (C=O) groups is 3. The molecule has 0 radical (unpaired) electrons. The lowest BCUT2D eigenvalue weighted by Gasteiger charge is -2.18. The van der Waals surface area contributed by atoms with Crippen molar-refractivity contribution in [2.45, 2.75) is 290 Å². The minimum atomic E-state index is -0.793. The second-order valence-electron chi connectivity index (χ2n) is 19.5. The molecule has 0 aliphatic carbocycles. The van der Waals surface area contributed by atoms with Gasteiger partial charge in [0.15, 0.2) is 6.10 Å². The molecule has 1 unspecified atom stereocenters. The first kappa shape index (κ1) is 66.6. The first-order valence-corrected chi connectivity index (χ1v) is 29.6. The van der Waals surface area contributed by atoms with Crippen LogP contribution in [0.4, 0.5) is 0 Å². The van der Waals surface area contributed by atoms with Gasteiger partial charge in [-0.3, -0.25) is 14.4 Å². The highest BCUT2D eigenvalue weighted by Crippen LogP contribution is 2.16. The second kappa shape index (κ2) is 58.2. The maximum Gasteiger partial charge on any atom is 0.306 e. The van der Waals surface area contributed by atoms with Crippen LogP contribution >= 0.6 is 0 Å². The molecule has 6 heteroatoms. The third-order valence-electron chi connectivity index (χ3n) is 12.6. The fourth-order valence-corrected chi connectivity index (χ4v) is 8.27. The predicted molar refractivity (Wildman–Crippen MR) is 302 cm³/mol. The molecule has 0 bridgehead atoms. The van der Waals surface area contributed by atoms with E-state index in [0.717, 1.165) is 116 Å². The molecule has 6 nitrogen and oxygen atoms in total. The second-order valence-corrected chi connectivity index (χ2v) is 19.5. The van der Waals surface area contributed by atoms with Gasteiger partial charge in [0.05, 0.1) is 0 Å². The monoisotopic (exact) mass is 975 g/mol. The summed E-state index contributed by atoms with van der Waals surface area (Å²) < 4.78 is 16.9. The van der Waals surface area contributed by atoms with E-state index in [1.165, 1.54) is 128 Å². The lowest BCUT2D eigenvalue weighted by atomic mass is 10.0. The molecule has 1 atom stereocenters. The Hall–Kier alpha value is -3.41. The number of esters is 3. The van der Waals surface area contributed by atoms with Crippen molar-refractivity contribution in [3.63, 3.8) is 0 Å². The number of ether oxygens (including phenoxy) is 3. The molecule has 0 heterocycles. The van der Waals surface area contributed by atoms with E-state index in [2.05, 4.69) is 106 Å². The molecular weight excluding hydrogens is 865 g/mol. The summed E-state index contributed by atoms with van der Waals surface area (Å²) in [4.78, 5) is 38.2. The predicted octanol–water partition coefficient (Wildman–Crippen LogP) is 19.9. The average Bonchev–Trinajstić information content (AvgIpc) is 3.36. The van der Waals surface area contributed by atoms with Crippen LogP contribution in [-0.4, -0.2) is 37.2 Å². The van der Waals surface area contributed by atoms with Crippen LogP contribution in [0.1, 0.15) is 284 Å². The van der Waals surface area contributed by atoms with Gasteiger partial charge in [-0.1, -0.05) is 260 Å². The van der Waals surface area contributed by atoms with E-state index in [-0.39, 0.29) is 31.1 Å². The van der Waals surface area contributed by atoms with Crippen LogP contribution in [0.15, 0.2) is 85.1 Å². The first-order valence-electron chi connectivity index (χ1n) is 29.6. The van der Waals surface area contributed by atoms with Crippen LogP contribution in [-0.2, 0) is 28.6 Å². The normalized spacial score (nSPS) is 12.7. The molecule has 0 aliphatic heterocycles. The summed E-state index contributed by atoms with van der Waals surface area (Å²) in [6.07, 6.45) is 75.8. The SMILES string of the molecule is CC/C=C\C/C=C\C/C=C\C/C=C\C/C=C\CCCCCC(=O)OCC(COC(=O)CCCCCCCCC/C=C\C/C=C\CC)OC(=O)CCCCCCCCCCCCCCCCCCCCC. The number of allylic oxidation sites excluding steroid dienone is 14. The number of hydrogen-bond acceptors (Lipinski definition) is 6. The van der Waals surface area contributed by atoms with E-state index >= 15 is 0 Å². The van der Waals surface area contributed by atoms with Gasteiger partial charge in [0.2, 0.25) is 0 Å². The van der Waals surface area contributed by atoms with Gasteiger partial charge in [0.25, 0.3) is 0 Å². The Morgan fingerprint density at radius 1 is 0.300 bits per heavy atom. The maximum absolute atomic E-state index is 12.9. The Morgan fingerprint density at radius 3 is 0.886 bits per heavy atom. The zero-order valence-electron chi connectivity index (χ0n) is 46.0. The zero-order chi connectivity index (χ0) is 50.7. The molecule has 0 spiro atoms. The number of rotatable bonds is 53. The van der Waals surface area contributed by atoms with Gasteiger partial charge in [0.1, 0.15) is 13.2 Å². The van der Waals surface area contributed by atoms with Gasteiger partial charge < -0.3 is 14.2 Å². The minimum Gasteiger partial charge on any atom is -0.462 e. The molecule has 0 aromatic rings. The Balaban J connectivity index is 4.42. The zero-order valence-corrected chi connectivity index (χ0v) is 46.0. The van der Waals surface area contributed by atoms with Crippen LogP contribution in [0.2, 0.25) is 0 Å². The molecule has 402 valence electrons. The molecule has 0 saturated heterocycles. The largest absolute Gasteiger partial charge is 0.462 e. The molecule has 0 aliphatic rings. The van der Waals surface area contributed by atoms with Gasteiger partial charge in [0, 0.05) is 19.3 Å². The van der Waals surface area contributed by atoms with Crippen LogP contribution in [0, 0.1) is 0 Å². The summed E-state index contributed by atoms with van der Waals surface area (Å²) in [5.41, 5.74) is 0. The number of carbonyl (C=O) groups excluding carboxylic acids is 3. The van der Waals surface area contributed by atoms with Crippen molar-refractivity contribution < 1.29 is 28.6 Å². The van der Waals surface area contributed by atoms with Gasteiger partial charge >= 0.3 is 17.9 Å². The van der Waals surface area contributed by atoms with E-state index in [0.29, 0.717) is 19.3 Å². The van der Waals surface area contributed by atoms with Crippen molar-refractivity contribution in [2.75, 3.05) is 13.2 Å². The first-order chi connectivity index (χ1) is 34.5. The Morgan fingerprint density at radius 2 is 0.557 bits per heavy atom. The van der Waals surface area contributed by atoms with Crippen molar-refractivity contribution in [3.8, 4) is 0 Å². The van der Waals surface area contributed by atoms with Gasteiger partial charge in [-0.2, -0.15) is 0 Å². The maximum atomic E-state index is 12.9. The third kappa shape index (κ3) is 55.5. The molecule has 0 amide bonds. The summed E-state index contributed by atoms with van der Waals surface area (Å²) in [5.74, 6) is -0.920. The van der Waals surface area contributed by atoms with E-state index in [4.69, 9.17) is 14.2 Å². The topological polar surface area (TPSA) is 78.9 Å². The highest BCUT2D eigenvalue weighted by atomic mass is 16.6. The summed E-state index contributed by atoms with van der Waals surface area (Å²) in [6, 6.07) is 0. The third-order valence-corrected chi connectivity index (χ3v) is 12.6. The lowest BCUT2D eigenvalue weighted by molar-refractivity contribution is -0.167. The van der Waals surface area contributed by atoms with Crippen LogP contribution in [0.5, 0.6) is 0 Å². The van der Waals surface area contributed by atoms with Crippen LogP contribution in [0.25, 0.3) is 0 Å². The van der Waals surface area contributed by atoms with Crippen LogP contribution in [0.3, 0.4) is 0 Å². The van der Waals surface area contributed by atoms with Gasteiger partial charge in [-0.25, -0.2) is 0 Å². The van der Waals surface area contributed by atoms with Crippen molar-refractivity contribution in [3.05, 3.63) is 85.1 Å². The average molecular weight is 976 g/mol. The van der Waals surface area contributed by atoms with Gasteiger partial charge in [-0.05, 0) is 89.9 Å². The number of hydrogen-bond donors (Lipinski definition) is 0. The van der Waals surface area contributed by atoms with E-state index in [1.807, 2.05) is 0 Å². The molecule has 0 fully saturated rings. The molecule has 0 aromatic carbocycles. The Kier molecular flexibility index (Phi) is 55.3. The lowest BCUT2D eigenvalue weighted by Crippen LogP contribution is -2.30. The Labute approximate surface area is 433 Å². The molecule has 0 N–H and O–H groups in total. The van der Waals surface area contributed by atoms with E-state index in [9.17, 15) is 14.4 Å². The Bertz CT molecular complexity index is 1350. The van der Waals surface area contributed by atoms with Crippen molar-refractivity contribution in [1.29, 1.82) is 0 Å². The molecule has 0 saturated carbocycles.